The van der Waals surface area contributed by atoms with E-state index in [1.54, 1.807) is 0 Å². The first-order valence-electron chi connectivity index (χ1n) is 40.2. The van der Waals surface area contributed by atoms with E-state index in [4.69, 9.17) is 4.74 Å². The zero-order chi connectivity index (χ0) is 63.5. The van der Waals surface area contributed by atoms with E-state index in [1.165, 1.54) is 366 Å². The highest BCUT2D eigenvalue weighted by Crippen LogP contribution is 2.20. The Labute approximate surface area is 551 Å². The van der Waals surface area contributed by atoms with Crippen LogP contribution in [0.25, 0.3) is 0 Å². The van der Waals surface area contributed by atoms with Crippen molar-refractivity contribution in [2.24, 2.45) is 0 Å². The minimum atomic E-state index is -0.666. The maximum Gasteiger partial charge on any atom is 0.305 e. The number of nitrogens with one attached hydrogen (secondary N) is 1. The largest absolute Gasteiger partial charge is 0.466 e. The second-order valence-electron chi connectivity index (χ2n) is 27.7. The van der Waals surface area contributed by atoms with Crippen LogP contribution >= 0.6 is 0 Å². The fourth-order valence-corrected chi connectivity index (χ4v) is 12.8. The van der Waals surface area contributed by atoms with Crippen LogP contribution in [0.2, 0.25) is 0 Å². The van der Waals surface area contributed by atoms with Crippen LogP contribution in [-0.4, -0.2) is 47.4 Å². The summed E-state index contributed by atoms with van der Waals surface area (Å²) in [6.07, 6.45) is 101. The number of aliphatic hydroxyl groups excluding tert-OH is 2. The third-order valence-corrected chi connectivity index (χ3v) is 18.9. The first kappa shape index (κ1) is 86.1. The molecule has 0 aromatic carbocycles. The number of esters is 1. The van der Waals surface area contributed by atoms with Crippen LogP contribution < -0.4 is 5.32 Å². The first-order valence-corrected chi connectivity index (χ1v) is 40.2. The topological polar surface area (TPSA) is 95.9 Å². The molecule has 6 heteroatoms. The minimum absolute atomic E-state index is 0.00963. The van der Waals surface area contributed by atoms with Gasteiger partial charge in [-0.3, -0.25) is 9.59 Å². The molecule has 0 saturated carbocycles. The van der Waals surface area contributed by atoms with Gasteiger partial charge in [0, 0.05) is 12.8 Å². The standard InChI is InChI=1S/C82H157NO5/c1-3-5-7-9-11-13-15-17-19-21-22-23-24-30-33-36-39-43-46-50-54-58-62-66-70-74-80(85)79(78-84)83-81(86)75-71-67-63-59-55-51-47-44-40-37-34-31-28-26-25-27-29-32-35-38-41-45-49-53-57-61-65-69-73-77-88-82(87)76-72-68-64-60-56-52-48-42-20-18-16-14-12-10-8-6-4-2/h12,14,18,20,25,27,79-80,84-85H,3-11,13,15-17,19,21-24,26,28-78H2,1-2H3,(H,83,86)/b14-12-,20-18-,27-25-. The second kappa shape index (κ2) is 77.5. The highest BCUT2D eigenvalue weighted by Gasteiger charge is 2.20. The van der Waals surface area contributed by atoms with Crippen molar-refractivity contribution >= 4 is 11.9 Å². The van der Waals surface area contributed by atoms with Crippen molar-refractivity contribution in [2.45, 2.75) is 463 Å². The van der Waals surface area contributed by atoms with Crippen LogP contribution in [0.15, 0.2) is 36.5 Å². The van der Waals surface area contributed by atoms with Crippen molar-refractivity contribution in [1.29, 1.82) is 0 Å². The molecule has 0 bridgehead atoms. The highest BCUT2D eigenvalue weighted by atomic mass is 16.5. The first-order chi connectivity index (χ1) is 43.5. The zero-order valence-electron chi connectivity index (χ0n) is 59.7. The zero-order valence-corrected chi connectivity index (χ0v) is 59.7. The number of hydrogen-bond acceptors (Lipinski definition) is 5. The highest BCUT2D eigenvalue weighted by molar-refractivity contribution is 5.76. The van der Waals surface area contributed by atoms with Gasteiger partial charge in [0.2, 0.25) is 5.91 Å². The van der Waals surface area contributed by atoms with Gasteiger partial charge in [-0.1, -0.05) is 391 Å². The molecule has 2 atom stereocenters. The van der Waals surface area contributed by atoms with E-state index in [2.05, 4.69) is 55.6 Å². The molecule has 2 unspecified atom stereocenters. The van der Waals surface area contributed by atoms with Crippen LogP contribution in [0.5, 0.6) is 0 Å². The van der Waals surface area contributed by atoms with E-state index < -0.39 is 12.1 Å². The van der Waals surface area contributed by atoms with E-state index in [9.17, 15) is 19.8 Å². The van der Waals surface area contributed by atoms with Crippen LogP contribution in [-0.2, 0) is 14.3 Å². The molecule has 0 saturated heterocycles. The summed E-state index contributed by atoms with van der Waals surface area (Å²) in [7, 11) is 0. The molecule has 1 amide bonds. The molecule has 3 N–H and O–H groups in total. The Morgan fingerprint density at radius 1 is 0.318 bits per heavy atom. The molecular weight excluding hydrogens is 1080 g/mol. The number of carbonyl (C=O) groups excluding carboxylic acids is 2. The fourth-order valence-electron chi connectivity index (χ4n) is 12.8. The Kier molecular flexibility index (Phi) is 75.8. The Morgan fingerprint density at radius 3 is 0.898 bits per heavy atom. The predicted molar refractivity (Wildman–Crippen MR) is 389 cm³/mol. The molecule has 0 aliphatic rings. The lowest BCUT2D eigenvalue weighted by Crippen LogP contribution is -2.45. The molecule has 0 aliphatic heterocycles. The molecular formula is C82H157NO5. The van der Waals surface area contributed by atoms with Crippen LogP contribution in [0.3, 0.4) is 0 Å². The van der Waals surface area contributed by atoms with Crippen LogP contribution in [0.1, 0.15) is 450 Å². The van der Waals surface area contributed by atoms with E-state index in [1.807, 2.05) is 0 Å². The molecule has 520 valence electrons. The Hall–Kier alpha value is -1.92. The number of unbranched alkanes of at least 4 members (excludes halogenated alkanes) is 59. The van der Waals surface area contributed by atoms with Gasteiger partial charge in [-0.15, -0.1) is 0 Å². The maximum absolute atomic E-state index is 12.6. The number of amides is 1. The number of hydrogen-bond donors (Lipinski definition) is 3. The second-order valence-corrected chi connectivity index (χ2v) is 27.7. The van der Waals surface area contributed by atoms with E-state index >= 15 is 0 Å². The van der Waals surface area contributed by atoms with Gasteiger partial charge in [0.05, 0.1) is 25.4 Å². The molecule has 0 spiro atoms. The Bertz CT molecular complexity index is 1430. The molecule has 88 heavy (non-hydrogen) atoms. The lowest BCUT2D eigenvalue weighted by molar-refractivity contribution is -0.143. The smallest absolute Gasteiger partial charge is 0.305 e. The van der Waals surface area contributed by atoms with Crippen molar-refractivity contribution < 1.29 is 24.5 Å². The summed E-state index contributed by atoms with van der Waals surface area (Å²) in [6, 6.07) is -0.543. The molecule has 0 radical (unpaired) electrons. The molecule has 0 fully saturated rings. The lowest BCUT2D eigenvalue weighted by atomic mass is 10.0. The average molecular weight is 1240 g/mol. The summed E-state index contributed by atoms with van der Waals surface area (Å²) in [5.74, 6) is -0.0190. The van der Waals surface area contributed by atoms with Crippen molar-refractivity contribution in [1.82, 2.24) is 5.32 Å². The van der Waals surface area contributed by atoms with Gasteiger partial charge in [-0.2, -0.15) is 0 Å². The molecule has 0 rings (SSSR count). The van der Waals surface area contributed by atoms with Gasteiger partial charge in [0.1, 0.15) is 0 Å². The number of aliphatic hydroxyl groups is 2. The molecule has 0 aromatic rings. The summed E-state index contributed by atoms with van der Waals surface area (Å²) in [5, 5.41) is 23.5. The van der Waals surface area contributed by atoms with Crippen molar-refractivity contribution in [3.8, 4) is 0 Å². The quantitative estimate of drug-likeness (QED) is 0.0320. The fraction of sp³-hybridized carbons (Fsp3) is 0.902. The summed E-state index contributed by atoms with van der Waals surface area (Å²) in [5.41, 5.74) is 0. The van der Waals surface area contributed by atoms with Gasteiger partial charge >= 0.3 is 5.97 Å². The van der Waals surface area contributed by atoms with Crippen molar-refractivity contribution in [2.75, 3.05) is 13.2 Å². The summed E-state index contributed by atoms with van der Waals surface area (Å²) in [4.78, 5) is 24.7. The Morgan fingerprint density at radius 2 is 0.568 bits per heavy atom. The maximum atomic E-state index is 12.6. The van der Waals surface area contributed by atoms with Gasteiger partial charge in [0.15, 0.2) is 0 Å². The number of allylic oxidation sites excluding steroid dienone is 6. The molecule has 0 aromatic heterocycles. The van der Waals surface area contributed by atoms with Crippen LogP contribution in [0.4, 0.5) is 0 Å². The molecule has 0 aliphatic carbocycles. The van der Waals surface area contributed by atoms with Gasteiger partial charge in [-0.25, -0.2) is 0 Å². The monoisotopic (exact) mass is 1240 g/mol. The average Bonchev–Trinajstić information content (AvgIpc) is 3.58. The van der Waals surface area contributed by atoms with E-state index in [0.29, 0.717) is 25.9 Å². The van der Waals surface area contributed by atoms with E-state index in [0.717, 1.165) is 51.4 Å². The van der Waals surface area contributed by atoms with Gasteiger partial charge < -0.3 is 20.3 Å². The van der Waals surface area contributed by atoms with E-state index in [-0.39, 0.29) is 18.5 Å². The third-order valence-electron chi connectivity index (χ3n) is 18.9. The summed E-state index contributed by atoms with van der Waals surface area (Å²) in [6.45, 7) is 4.97. The number of carbonyl (C=O) groups is 2. The van der Waals surface area contributed by atoms with Crippen LogP contribution in [0, 0.1) is 0 Å². The number of rotatable bonds is 76. The molecule has 6 nitrogen and oxygen atoms in total. The predicted octanol–water partition coefficient (Wildman–Crippen LogP) is 26.6. The lowest BCUT2D eigenvalue weighted by Gasteiger charge is -2.22. The summed E-state index contributed by atoms with van der Waals surface area (Å²) >= 11 is 0. The minimum Gasteiger partial charge on any atom is -0.466 e. The Balaban J connectivity index is 3.37. The van der Waals surface area contributed by atoms with Crippen molar-refractivity contribution in [3.63, 3.8) is 0 Å². The van der Waals surface area contributed by atoms with Gasteiger partial charge in [-0.05, 0) is 83.5 Å². The SMILES string of the molecule is CCCCC/C=C\C/C=C\CCCCCCCCCC(=O)OCCCCCCCCCCCCCC/C=C\CCCCCCCCCCCCCCCC(=O)NC(CO)C(O)CCCCCCCCCCCCCCCCCCCCCCCCCCC. The van der Waals surface area contributed by atoms with Crippen molar-refractivity contribution in [3.05, 3.63) is 36.5 Å². The number of ether oxygens (including phenoxy) is 1. The van der Waals surface area contributed by atoms with Gasteiger partial charge in [0.25, 0.3) is 0 Å². The molecule has 0 heterocycles. The normalized spacial score (nSPS) is 12.6. The summed E-state index contributed by atoms with van der Waals surface area (Å²) < 4.78 is 5.50. The third kappa shape index (κ3) is 73.1.